The summed E-state index contributed by atoms with van der Waals surface area (Å²) >= 11 is 0. The Kier molecular flexibility index (Phi) is 5.51. The van der Waals surface area contributed by atoms with Gasteiger partial charge >= 0.3 is 0 Å². The Hall–Kier alpha value is -2.74. The number of benzene rings is 2. The summed E-state index contributed by atoms with van der Waals surface area (Å²) in [5, 5.41) is 0. The summed E-state index contributed by atoms with van der Waals surface area (Å²) in [6.07, 6.45) is 0.223. The number of carbonyl (C=O) groups excluding carboxylic acids is 1. The number of ether oxygens (including phenoxy) is 2. The molecule has 0 saturated carbocycles. The van der Waals surface area contributed by atoms with Crippen molar-refractivity contribution in [3.63, 3.8) is 0 Å². The Bertz CT molecular complexity index is 973. The van der Waals surface area contributed by atoms with Crippen molar-refractivity contribution in [2.24, 2.45) is 0 Å². The summed E-state index contributed by atoms with van der Waals surface area (Å²) in [5.41, 5.74) is 2.31. The second-order valence-electron chi connectivity index (χ2n) is 6.91. The highest BCUT2D eigenvalue weighted by molar-refractivity contribution is 7.92. The van der Waals surface area contributed by atoms with Crippen LogP contribution in [0.2, 0.25) is 0 Å². The average molecular weight is 404 g/mol. The van der Waals surface area contributed by atoms with E-state index in [1.807, 2.05) is 37.3 Å². The summed E-state index contributed by atoms with van der Waals surface area (Å²) < 4.78 is 36.8. The van der Waals surface area contributed by atoms with Crippen LogP contribution in [0.1, 0.15) is 11.1 Å². The number of aryl methyl sites for hydroxylation is 1. The van der Waals surface area contributed by atoms with Crippen LogP contribution in [0.4, 0.5) is 5.69 Å². The van der Waals surface area contributed by atoms with Gasteiger partial charge in [-0.3, -0.25) is 9.10 Å². The van der Waals surface area contributed by atoms with Crippen LogP contribution in [-0.4, -0.2) is 52.3 Å². The monoisotopic (exact) mass is 404 g/mol. The molecule has 0 N–H and O–H groups in total. The van der Waals surface area contributed by atoms with E-state index < -0.39 is 16.1 Å². The Morgan fingerprint density at radius 2 is 1.93 bits per heavy atom. The number of amides is 1. The van der Waals surface area contributed by atoms with Gasteiger partial charge in [-0.2, -0.15) is 0 Å². The SMILES string of the molecule is COc1ccc(CN(C)C(=O)[C@H]2CN(S(C)(=O)=O)c3cc(C)ccc3O2)cc1. The first-order valence-corrected chi connectivity index (χ1v) is 10.7. The van der Waals surface area contributed by atoms with Gasteiger partial charge in [-0.05, 0) is 42.3 Å². The number of methoxy groups -OCH3 is 1. The van der Waals surface area contributed by atoms with Gasteiger partial charge in [-0.25, -0.2) is 8.42 Å². The van der Waals surface area contributed by atoms with Crippen LogP contribution in [0, 0.1) is 6.92 Å². The second-order valence-corrected chi connectivity index (χ2v) is 8.82. The normalized spacial score (nSPS) is 16.1. The van der Waals surface area contributed by atoms with Crippen LogP contribution in [0.5, 0.6) is 11.5 Å². The number of sulfonamides is 1. The van der Waals surface area contributed by atoms with E-state index >= 15 is 0 Å². The van der Waals surface area contributed by atoms with Crippen LogP contribution >= 0.6 is 0 Å². The van der Waals surface area contributed by atoms with E-state index in [9.17, 15) is 13.2 Å². The lowest BCUT2D eigenvalue weighted by atomic mass is 10.1. The topological polar surface area (TPSA) is 76.2 Å². The Balaban J connectivity index is 1.80. The zero-order valence-electron chi connectivity index (χ0n) is 16.4. The van der Waals surface area contributed by atoms with Gasteiger partial charge in [0.15, 0.2) is 6.10 Å². The van der Waals surface area contributed by atoms with Crippen molar-refractivity contribution in [2.75, 3.05) is 31.3 Å². The van der Waals surface area contributed by atoms with Crippen LogP contribution in [-0.2, 0) is 21.4 Å². The lowest BCUT2D eigenvalue weighted by Crippen LogP contribution is -2.50. The third kappa shape index (κ3) is 4.22. The smallest absolute Gasteiger partial charge is 0.265 e. The highest BCUT2D eigenvalue weighted by Crippen LogP contribution is 2.36. The van der Waals surface area contributed by atoms with Crippen molar-refractivity contribution in [1.29, 1.82) is 0 Å². The van der Waals surface area contributed by atoms with E-state index in [2.05, 4.69) is 0 Å². The maximum Gasteiger partial charge on any atom is 0.265 e. The number of anilines is 1. The van der Waals surface area contributed by atoms with Crippen molar-refractivity contribution in [1.82, 2.24) is 4.90 Å². The van der Waals surface area contributed by atoms with E-state index in [1.54, 1.807) is 26.3 Å². The van der Waals surface area contributed by atoms with Gasteiger partial charge in [0.2, 0.25) is 10.0 Å². The molecule has 1 heterocycles. The molecule has 0 aromatic heterocycles. The number of hydrogen-bond acceptors (Lipinski definition) is 5. The van der Waals surface area contributed by atoms with Gasteiger partial charge in [0, 0.05) is 13.6 Å². The van der Waals surface area contributed by atoms with Crippen molar-refractivity contribution < 1.29 is 22.7 Å². The highest BCUT2D eigenvalue weighted by atomic mass is 32.2. The van der Waals surface area contributed by atoms with Gasteiger partial charge < -0.3 is 14.4 Å². The standard InChI is InChI=1S/C20H24N2O5S/c1-14-5-10-18-17(11-14)22(28(4,24)25)13-19(27-18)20(23)21(2)12-15-6-8-16(26-3)9-7-15/h5-11,19H,12-13H2,1-4H3/t19-/m1/s1. The molecule has 0 fully saturated rings. The first-order valence-electron chi connectivity index (χ1n) is 8.82. The predicted molar refractivity (Wildman–Crippen MR) is 107 cm³/mol. The molecular formula is C20H24N2O5S. The molecule has 8 heteroatoms. The molecule has 0 saturated heterocycles. The van der Waals surface area contributed by atoms with Crippen molar-refractivity contribution in [3.8, 4) is 11.5 Å². The number of hydrogen-bond donors (Lipinski definition) is 0. The highest BCUT2D eigenvalue weighted by Gasteiger charge is 2.36. The minimum Gasteiger partial charge on any atom is -0.497 e. The lowest BCUT2D eigenvalue weighted by Gasteiger charge is -2.35. The van der Waals surface area contributed by atoms with Gasteiger partial charge in [0.1, 0.15) is 11.5 Å². The third-order valence-electron chi connectivity index (χ3n) is 4.61. The summed E-state index contributed by atoms with van der Waals surface area (Å²) in [5.74, 6) is 0.846. The summed E-state index contributed by atoms with van der Waals surface area (Å²) in [6.45, 7) is 2.20. The molecule has 0 spiro atoms. The minimum atomic E-state index is -3.55. The van der Waals surface area contributed by atoms with Gasteiger partial charge in [0.25, 0.3) is 5.91 Å². The average Bonchev–Trinajstić information content (AvgIpc) is 2.66. The Labute approximate surface area is 165 Å². The van der Waals surface area contributed by atoms with Gasteiger partial charge in [-0.1, -0.05) is 18.2 Å². The molecule has 1 amide bonds. The van der Waals surface area contributed by atoms with E-state index in [0.717, 1.165) is 23.1 Å². The van der Waals surface area contributed by atoms with E-state index in [4.69, 9.17) is 9.47 Å². The summed E-state index contributed by atoms with van der Waals surface area (Å²) in [7, 11) is -0.279. The van der Waals surface area contributed by atoms with Crippen LogP contribution in [0.15, 0.2) is 42.5 Å². The quantitative estimate of drug-likeness (QED) is 0.764. The predicted octanol–water partition coefficient (Wildman–Crippen LogP) is 2.19. The molecular weight excluding hydrogens is 380 g/mol. The van der Waals surface area contributed by atoms with E-state index in [-0.39, 0.29) is 12.5 Å². The molecule has 1 aliphatic rings. The second kappa shape index (κ2) is 7.71. The van der Waals surface area contributed by atoms with Crippen molar-refractivity contribution in [3.05, 3.63) is 53.6 Å². The van der Waals surface area contributed by atoms with Crippen LogP contribution in [0.25, 0.3) is 0 Å². The molecule has 1 aliphatic heterocycles. The number of carbonyl (C=O) groups is 1. The van der Waals surface area contributed by atoms with Crippen LogP contribution in [0.3, 0.4) is 0 Å². The number of fused-ring (bicyclic) bond motifs is 1. The molecule has 2 aromatic carbocycles. The molecule has 0 bridgehead atoms. The fourth-order valence-electron chi connectivity index (χ4n) is 3.13. The lowest BCUT2D eigenvalue weighted by molar-refractivity contribution is -0.137. The van der Waals surface area contributed by atoms with Crippen molar-refractivity contribution >= 4 is 21.6 Å². The minimum absolute atomic E-state index is 0.0545. The Morgan fingerprint density at radius 1 is 1.25 bits per heavy atom. The number of likely N-dealkylation sites (N-methyl/N-ethyl adjacent to an activating group) is 1. The number of rotatable bonds is 5. The molecule has 7 nitrogen and oxygen atoms in total. The zero-order valence-corrected chi connectivity index (χ0v) is 17.2. The summed E-state index contributed by atoms with van der Waals surface area (Å²) in [6, 6.07) is 12.7. The maximum absolute atomic E-state index is 12.9. The largest absolute Gasteiger partial charge is 0.497 e. The van der Waals surface area contributed by atoms with Crippen molar-refractivity contribution in [2.45, 2.75) is 19.6 Å². The third-order valence-corrected chi connectivity index (χ3v) is 5.76. The van der Waals surface area contributed by atoms with Crippen LogP contribution < -0.4 is 13.8 Å². The maximum atomic E-state index is 12.9. The fourth-order valence-corrected chi connectivity index (χ4v) is 4.04. The zero-order chi connectivity index (χ0) is 20.5. The Morgan fingerprint density at radius 3 is 2.54 bits per heavy atom. The first kappa shape index (κ1) is 20.0. The van der Waals surface area contributed by atoms with E-state index in [0.29, 0.717) is 18.0 Å². The first-order chi connectivity index (χ1) is 13.2. The van der Waals surface area contributed by atoms with Gasteiger partial charge in [0.05, 0.1) is 25.6 Å². The number of nitrogens with zero attached hydrogens (tertiary/aromatic N) is 2. The molecule has 0 aliphatic carbocycles. The molecule has 28 heavy (non-hydrogen) atoms. The fraction of sp³-hybridized carbons (Fsp3) is 0.350. The molecule has 150 valence electrons. The molecule has 3 rings (SSSR count). The molecule has 1 atom stereocenters. The summed E-state index contributed by atoms with van der Waals surface area (Å²) in [4.78, 5) is 14.5. The molecule has 0 radical (unpaired) electrons. The molecule has 2 aromatic rings. The molecule has 0 unspecified atom stereocenters. The van der Waals surface area contributed by atoms with E-state index in [1.165, 1.54) is 9.21 Å². The van der Waals surface area contributed by atoms with Gasteiger partial charge in [-0.15, -0.1) is 0 Å².